The van der Waals surface area contributed by atoms with Gasteiger partial charge in [0.05, 0.1) is 25.1 Å². The normalized spacial score (nSPS) is 13.1. The molecule has 0 aliphatic rings. The molecule has 47 heavy (non-hydrogen) atoms. The van der Waals surface area contributed by atoms with Crippen molar-refractivity contribution in [3.63, 3.8) is 0 Å². The van der Waals surface area contributed by atoms with Crippen molar-refractivity contribution in [3.05, 3.63) is 133 Å². The molecule has 0 aliphatic heterocycles. The quantitative estimate of drug-likeness (QED) is 0.111. The fraction of sp³-hybridized carbons (Fsp3) is 0.297. The molecule has 0 radical (unpaired) electrons. The van der Waals surface area contributed by atoms with Gasteiger partial charge in [-0.05, 0) is 36.0 Å². The first-order chi connectivity index (χ1) is 22.8. The molecule has 4 atom stereocenters. The molecule has 3 amide bonds. The molecule has 0 unspecified atom stereocenters. The number of ether oxygens (including phenoxy) is 2. The van der Waals surface area contributed by atoms with E-state index in [1.807, 2.05) is 66.7 Å². The van der Waals surface area contributed by atoms with Gasteiger partial charge in [-0.25, -0.2) is 9.59 Å². The molecule has 3 rings (SSSR count). The van der Waals surface area contributed by atoms with Crippen molar-refractivity contribution in [3.8, 4) is 0 Å². The number of carbonyl (C=O) groups is 4. The van der Waals surface area contributed by atoms with Gasteiger partial charge in [-0.3, -0.25) is 9.59 Å². The lowest BCUT2D eigenvalue weighted by Crippen LogP contribution is -2.44. The first kappa shape index (κ1) is 36.3. The minimum atomic E-state index is -1.08. The summed E-state index contributed by atoms with van der Waals surface area (Å²) in [5.41, 5.74) is 2.37. The molecule has 0 spiro atoms. The van der Waals surface area contributed by atoms with Gasteiger partial charge >= 0.3 is 12.1 Å². The number of allylic oxidation sites excluding steroid dienone is 1. The Hall–Kier alpha value is -5.22. The van der Waals surface area contributed by atoms with Crippen molar-refractivity contribution in [1.82, 2.24) is 16.0 Å². The third-order valence-corrected chi connectivity index (χ3v) is 7.25. The summed E-state index contributed by atoms with van der Waals surface area (Å²) >= 11 is 0. The molecule has 0 fully saturated rings. The van der Waals surface area contributed by atoms with Crippen molar-refractivity contribution in [2.45, 2.75) is 50.5 Å². The SMILES string of the molecule is C=CC[C@@H](CC(=O)N[C@@H](CO)Cc1ccccc1)C(=O)NC[C@H](OC(=O)[C@@H](CC=C)NC(=O)OCc1ccccc1)c1ccccc1. The number of hydrogen-bond acceptors (Lipinski definition) is 7. The Morgan fingerprint density at radius 1 is 0.787 bits per heavy atom. The third-order valence-electron chi connectivity index (χ3n) is 7.25. The van der Waals surface area contributed by atoms with Crippen LogP contribution < -0.4 is 16.0 Å². The molecule has 0 saturated heterocycles. The van der Waals surface area contributed by atoms with E-state index < -0.39 is 42.1 Å². The number of aliphatic hydroxyl groups excluding tert-OH is 1. The maximum Gasteiger partial charge on any atom is 0.408 e. The molecule has 0 bridgehead atoms. The van der Waals surface area contributed by atoms with E-state index in [-0.39, 0.29) is 44.9 Å². The summed E-state index contributed by atoms with van der Waals surface area (Å²) in [7, 11) is 0. The van der Waals surface area contributed by atoms with Gasteiger partial charge in [0.15, 0.2) is 0 Å². The second kappa shape index (κ2) is 20.0. The van der Waals surface area contributed by atoms with E-state index in [4.69, 9.17) is 9.47 Å². The lowest BCUT2D eigenvalue weighted by molar-refractivity contribution is -0.152. The standard InChI is InChI=1S/C37H43N3O7/c1-3-14-30(23-34(42)39-31(25-41)22-27-16-8-5-9-17-27)35(43)38-24-33(29-20-12-7-13-21-29)47-36(44)32(15-4-2)40-37(45)46-26-28-18-10-6-11-19-28/h3-13,16-21,30-33,41H,1-2,14-15,22-26H2,(H,38,43)(H,39,42)(H,40,45)/t30-,31+,32+,33-/m0/s1. The highest BCUT2D eigenvalue weighted by Gasteiger charge is 2.28. The highest BCUT2D eigenvalue weighted by molar-refractivity contribution is 5.86. The van der Waals surface area contributed by atoms with Crippen molar-refractivity contribution in [2.24, 2.45) is 5.92 Å². The lowest BCUT2D eigenvalue weighted by Gasteiger charge is -2.24. The van der Waals surface area contributed by atoms with E-state index in [9.17, 15) is 24.3 Å². The van der Waals surface area contributed by atoms with Gasteiger partial charge in [-0.1, -0.05) is 103 Å². The number of amides is 3. The molecule has 3 aromatic carbocycles. The smallest absolute Gasteiger partial charge is 0.408 e. The van der Waals surface area contributed by atoms with Crippen LogP contribution in [-0.4, -0.2) is 54.2 Å². The van der Waals surface area contributed by atoms with Crippen LogP contribution >= 0.6 is 0 Å². The fourth-order valence-electron chi connectivity index (χ4n) is 4.80. The van der Waals surface area contributed by atoms with Crippen molar-refractivity contribution >= 4 is 23.9 Å². The molecular formula is C37H43N3O7. The first-order valence-corrected chi connectivity index (χ1v) is 15.5. The molecular weight excluding hydrogens is 598 g/mol. The number of hydrogen-bond donors (Lipinski definition) is 4. The van der Waals surface area contributed by atoms with Gasteiger partial charge < -0.3 is 30.5 Å². The second-order valence-corrected chi connectivity index (χ2v) is 10.9. The summed E-state index contributed by atoms with van der Waals surface area (Å²) in [4.78, 5) is 51.9. The van der Waals surface area contributed by atoms with E-state index >= 15 is 0 Å². The molecule has 10 nitrogen and oxygen atoms in total. The Labute approximate surface area is 275 Å². The Balaban J connectivity index is 1.61. The lowest BCUT2D eigenvalue weighted by atomic mass is 9.98. The zero-order valence-electron chi connectivity index (χ0n) is 26.4. The summed E-state index contributed by atoms with van der Waals surface area (Å²) < 4.78 is 11.1. The van der Waals surface area contributed by atoms with Crippen molar-refractivity contribution in [1.29, 1.82) is 0 Å². The predicted octanol–water partition coefficient (Wildman–Crippen LogP) is 4.56. The predicted molar refractivity (Wildman–Crippen MR) is 179 cm³/mol. The molecule has 248 valence electrons. The van der Waals surface area contributed by atoms with E-state index in [0.29, 0.717) is 12.0 Å². The van der Waals surface area contributed by atoms with Crippen LogP contribution in [0.5, 0.6) is 0 Å². The summed E-state index contributed by atoms with van der Waals surface area (Å²) in [6.07, 6.45) is 1.98. The zero-order valence-corrected chi connectivity index (χ0v) is 26.4. The highest BCUT2D eigenvalue weighted by atomic mass is 16.6. The number of benzene rings is 3. The number of aliphatic hydroxyl groups is 1. The number of rotatable bonds is 19. The third kappa shape index (κ3) is 13.0. The summed E-state index contributed by atoms with van der Waals surface area (Å²) in [6, 6.07) is 25.9. The van der Waals surface area contributed by atoms with Crippen molar-refractivity contribution < 1.29 is 33.8 Å². The van der Waals surface area contributed by atoms with E-state index in [1.54, 1.807) is 30.3 Å². The zero-order chi connectivity index (χ0) is 33.9. The van der Waals surface area contributed by atoms with Crippen LogP contribution in [0.1, 0.15) is 42.1 Å². The van der Waals surface area contributed by atoms with Crippen LogP contribution in [0.2, 0.25) is 0 Å². The number of alkyl carbamates (subject to hydrolysis) is 1. The fourth-order valence-corrected chi connectivity index (χ4v) is 4.80. The Bertz CT molecular complexity index is 1430. The monoisotopic (exact) mass is 641 g/mol. The van der Waals surface area contributed by atoms with Crippen molar-refractivity contribution in [2.75, 3.05) is 13.2 Å². The second-order valence-electron chi connectivity index (χ2n) is 10.9. The van der Waals surface area contributed by atoms with Gasteiger partial charge in [0, 0.05) is 6.42 Å². The molecule has 3 aromatic rings. The maximum absolute atomic E-state index is 13.3. The first-order valence-electron chi connectivity index (χ1n) is 15.5. The Morgan fingerprint density at radius 3 is 1.98 bits per heavy atom. The summed E-state index contributed by atoms with van der Waals surface area (Å²) in [5.74, 6) is -2.29. The maximum atomic E-state index is 13.3. The molecule has 0 aliphatic carbocycles. The molecule has 0 aromatic heterocycles. The van der Waals surface area contributed by atoms with E-state index in [0.717, 1.165) is 11.1 Å². The largest absolute Gasteiger partial charge is 0.454 e. The van der Waals surface area contributed by atoms with E-state index in [2.05, 4.69) is 29.1 Å². The van der Waals surface area contributed by atoms with Gasteiger partial charge in [0.1, 0.15) is 18.8 Å². The van der Waals surface area contributed by atoms with E-state index in [1.165, 1.54) is 6.08 Å². The van der Waals surface area contributed by atoms with Gasteiger partial charge in [-0.2, -0.15) is 0 Å². The minimum absolute atomic E-state index is 0.0266. The van der Waals surface area contributed by atoms with Crippen LogP contribution in [0.3, 0.4) is 0 Å². The van der Waals surface area contributed by atoms with Crippen LogP contribution in [-0.2, 0) is 36.9 Å². The number of nitrogens with one attached hydrogen (secondary N) is 3. The summed E-state index contributed by atoms with van der Waals surface area (Å²) in [6.45, 7) is 7.08. The van der Waals surface area contributed by atoms with Crippen LogP contribution in [0, 0.1) is 5.92 Å². The Morgan fingerprint density at radius 2 is 1.38 bits per heavy atom. The number of carbonyl (C=O) groups excluding carboxylic acids is 4. The molecule has 0 heterocycles. The molecule has 4 N–H and O–H groups in total. The average molecular weight is 642 g/mol. The topological polar surface area (TPSA) is 143 Å². The Kier molecular flexibility index (Phi) is 15.4. The van der Waals surface area contributed by atoms with Gasteiger partial charge in [-0.15, -0.1) is 13.2 Å². The molecule has 10 heteroatoms. The van der Waals surface area contributed by atoms with Gasteiger partial charge in [0.2, 0.25) is 11.8 Å². The average Bonchev–Trinajstić information content (AvgIpc) is 3.09. The van der Waals surface area contributed by atoms with Gasteiger partial charge in [0.25, 0.3) is 0 Å². The minimum Gasteiger partial charge on any atom is -0.454 e. The number of esters is 1. The highest BCUT2D eigenvalue weighted by Crippen LogP contribution is 2.19. The molecule has 0 saturated carbocycles. The van der Waals surface area contributed by atoms with Crippen LogP contribution in [0.25, 0.3) is 0 Å². The summed E-state index contributed by atoms with van der Waals surface area (Å²) in [5, 5.41) is 18.0. The van der Waals surface area contributed by atoms with Crippen LogP contribution in [0.15, 0.2) is 116 Å². The van der Waals surface area contributed by atoms with Crippen LogP contribution in [0.4, 0.5) is 4.79 Å².